The van der Waals surface area contributed by atoms with Crippen molar-refractivity contribution in [2.45, 2.75) is 11.3 Å². The number of sulfonamides is 1. The van der Waals surface area contributed by atoms with Crippen LogP contribution in [0.2, 0.25) is 0 Å². The van der Waals surface area contributed by atoms with Gasteiger partial charge in [-0.25, -0.2) is 13.4 Å². The molecule has 1 aromatic heterocycles. The van der Waals surface area contributed by atoms with Crippen molar-refractivity contribution in [2.24, 2.45) is 0 Å². The molecule has 19 heavy (non-hydrogen) atoms. The van der Waals surface area contributed by atoms with E-state index in [0.29, 0.717) is 5.82 Å². The number of aromatic nitrogens is 1. The highest BCUT2D eigenvalue weighted by molar-refractivity contribution is 7.92. The summed E-state index contributed by atoms with van der Waals surface area (Å²) in [5, 5.41) is 3.20. The Hall–Kier alpha value is -2.08. The highest BCUT2D eigenvalue weighted by atomic mass is 32.2. The van der Waals surface area contributed by atoms with Gasteiger partial charge in [-0.2, -0.15) is 0 Å². The number of nitrogens with zero attached hydrogens (tertiary/aromatic N) is 1. The minimum atomic E-state index is -3.58. The van der Waals surface area contributed by atoms with E-state index in [-0.39, 0.29) is 4.90 Å². The van der Waals surface area contributed by atoms with Crippen LogP contribution in [0.3, 0.4) is 0 Å². The van der Waals surface area contributed by atoms with Gasteiger partial charge < -0.3 is 5.32 Å². The van der Waals surface area contributed by atoms with Gasteiger partial charge in [0, 0.05) is 18.4 Å². The number of nitrogens with one attached hydrogen (secondary N) is 2. The highest BCUT2D eigenvalue weighted by Gasteiger charge is 2.18. The third-order valence-corrected chi connectivity index (χ3v) is 4.35. The minimum absolute atomic E-state index is 0.264. The summed E-state index contributed by atoms with van der Waals surface area (Å²) in [6.45, 7) is 0.854. The molecule has 0 radical (unpaired) electrons. The standard InChI is InChI=1S/C13H13N3O2S/c17-19(18,16-13-3-1-2-7-15-13)11-4-5-12-10(9-11)6-8-14-12/h1-5,7,9,14H,6,8H2,(H,15,16). The fourth-order valence-electron chi connectivity index (χ4n) is 2.07. The summed E-state index contributed by atoms with van der Waals surface area (Å²) in [4.78, 5) is 4.22. The van der Waals surface area contributed by atoms with E-state index in [1.54, 1.807) is 42.6 Å². The molecule has 2 heterocycles. The van der Waals surface area contributed by atoms with Gasteiger partial charge in [-0.1, -0.05) is 6.07 Å². The maximum atomic E-state index is 12.2. The lowest BCUT2D eigenvalue weighted by Gasteiger charge is -2.08. The number of benzene rings is 1. The Balaban J connectivity index is 1.92. The van der Waals surface area contributed by atoms with Gasteiger partial charge >= 0.3 is 0 Å². The Morgan fingerprint density at radius 1 is 1.21 bits per heavy atom. The van der Waals surface area contributed by atoms with Gasteiger partial charge in [0.05, 0.1) is 4.90 Å². The summed E-state index contributed by atoms with van der Waals surface area (Å²) in [5.74, 6) is 0.320. The zero-order chi connectivity index (χ0) is 13.3. The Morgan fingerprint density at radius 3 is 2.89 bits per heavy atom. The molecule has 3 rings (SSSR count). The summed E-state index contributed by atoms with van der Waals surface area (Å²) < 4.78 is 26.9. The predicted octanol–water partition coefficient (Wildman–Crippen LogP) is 1.85. The molecule has 0 spiro atoms. The normalized spacial score (nSPS) is 13.7. The second-order valence-electron chi connectivity index (χ2n) is 4.32. The lowest BCUT2D eigenvalue weighted by molar-refractivity contribution is 0.601. The second-order valence-corrected chi connectivity index (χ2v) is 6.00. The molecule has 1 aromatic carbocycles. The Morgan fingerprint density at radius 2 is 2.11 bits per heavy atom. The van der Waals surface area contributed by atoms with E-state index in [0.717, 1.165) is 24.2 Å². The van der Waals surface area contributed by atoms with E-state index >= 15 is 0 Å². The molecule has 0 aliphatic carbocycles. The Bertz CT molecular complexity index is 699. The molecule has 0 atom stereocenters. The van der Waals surface area contributed by atoms with Crippen LogP contribution in [-0.4, -0.2) is 19.9 Å². The van der Waals surface area contributed by atoms with Gasteiger partial charge in [-0.3, -0.25) is 4.72 Å². The van der Waals surface area contributed by atoms with Crippen LogP contribution in [0.1, 0.15) is 5.56 Å². The lowest BCUT2D eigenvalue weighted by atomic mass is 10.2. The molecule has 98 valence electrons. The topological polar surface area (TPSA) is 71.1 Å². The number of fused-ring (bicyclic) bond motifs is 1. The molecule has 0 amide bonds. The molecule has 0 bridgehead atoms. The zero-order valence-electron chi connectivity index (χ0n) is 10.1. The van der Waals surface area contributed by atoms with E-state index < -0.39 is 10.0 Å². The molecular formula is C13H13N3O2S. The monoisotopic (exact) mass is 275 g/mol. The fourth-order valence-corrected chi connectivity index (χ4v) is 3.13. The quantitative estimate of drug-likeness (QED) is 0.896. The molecule has 0 saturated heterocycles. The molecule has 5 nitrogen and oxygen atoms in total. The molecule has 0 unspecified atom stereocenters. The summed E-state index contributed by atoms with van der Waals surface area (Å²) in [5.41, 5.74) is 2.04. The minimum Gasteiger partial charge on any atom is -0.384 e. The fraction of sp³-hybridized carbons (Fsp3) is 0.154. The maximum Gasteiger partial charge on any atom is 0.263 e. The molecule has 1 aliphatic heterocycles. The summed E-state index contributed by atoms with van der Waals surface area (Å²) in [6, 6.07) is 10.2. The number of hydrogen-bond acceptors (Lipinski definition) is 4. The van der Waals surface area contributed by atoms with Crippen molar-refractivity contribution in [3.63, 3.8) is 0 Å². The maximum absolute atomic E-state index is 12.2. The van der Waals surface area contributed by atoms with Crippen LogP contribution in [-0.2, 0) is 16.4 Å². The van der Waals surface area contributed by atoms with Gasteiger partial charge in [0.2, 0.25) is 0 Å². The van der Waals surface area contributed by atoms with Crippen molar-refractivity contribution in [3.05, 3.63) is 48.2 Å². The van der Waals surface area contributed by atoms with Gasteiger partial charge in [-0.05, 0) is 42.3 Å². The van der Waals surface area contributed by atoms with Crippen molar-refractivity contribution in [2.75, 3.05) is 16.6 Å². The molecule has 0 saturated carbocycles. The van der Waals surface area contributed by atoms with Crippen LogP contribution >= 0.6 is 0 Å². The average Bonchev–Trinajstić information content (AvgIpc) is 2.86. The van der Waals surface area contributed by atoms with E-state index in [2.05, 4.69) is 15.0 Å². The van der Waals surface area contributed by atoms with Crippen molar-refractivity contribution in [1.29, 1.82) is 0 Å². The number of pyridine rings is 1. The van der Waals surface area contributed by atoms with E-state index in [4.69, 9.17) is 0 Å². The zero-order valence-corrected chi connectivity index (χ0v) is 10.9. The van der Waals surface area contributed by atoms with E-state index in [1.807, 2.05) is 0 Å². The van der Waals surface area contributed by atoms with Gasteiger partial charge in [0.1, 0.15) is 5.82 Å². The van der Waals surface area contributed by atoms with Crippen LogP contribution < -0.4 is 10.0 Å². The first-order valence-electron chi connectivity index (χ1n) is 5.96. The number of rotatable bonds is 3. The predicted molar refractivity (Wildman–Crippen MR) is 73.7 cm³/mol. The van der Waals surface area contributed by atoms with Crippen LogP contribution in [0.4, 0.5) is 11.5 Å². The van der Waals surface area contributed by atoms with Gasteiger partial charge in [0.15, 0.2) is 0 Å². The highest BCUT2D eigenvalue weighted by Crippen LogP contribution is 2.25. The first-order chi connectivity index (χ1) is 9.15. The van der Waals surface area contributed by atoms with Crippen LogP contribution in [0.15, 0.2) is 47.5 Å². The molecule has 2 N–H and O–H groups in total. The summed E-state index contributed by atoms with van der Waals surface area (Å²) in [6.07, 6.45) is 2.40. The largest absolute Gasteiger partial charge is 0.384 e. The number of hydrogen-bond donors (Lipinski definition) is 2. The Kier molecular flexibility index (Phi) is 2.87. The van der Waals surface area contributed by atoms with Crippen LogP contribution in [0, 0.1) is 0 Å². The van der Waals surface area contributed by atoms with Crippen molar-refractivity contribution in [3.8, 4) is 0 Å². The smallest absolute Gasteiger partial charge is 0.263 e. The summed E-state index contributed by atoms with van der Waals surface area (Å²) in [7, 11) is -3.58. The summed E-state index contributed by atoms with van der Waals surface area (Å²) >= 11 is 0. The molecule has 2 aromatic rings. The third kappa shape index (κ3) is 2.39. The molecule has 0 fully saturated rings. The molecule has 6 heteroatoms. The van der Waals surface area contributed by atoms with E-state index in [1.165, 1.54) is 0 Å². The van der Waals surface area contributed by atoms with Gasteiger partial charge in [0.25, 0.3) is 10.0 Å². The first-order valence-corrected chi connectivity index (χ1v) is 7.44. The molecule has 1 aliphatic rings. The van der Waals surface area contributed by atoms with Crippen LogP contribution in [0.5, 0.6) is 0 Å². The molecular weight excluding hydrogens is 262 g/mol. The lowest BCUT2D eigenvalue weighted by Crippen LogP contribution is -2.13. The Labute approximate surface area is 111 Å². The van der Waals surface area contributed by atoms with Crippen molar-refractivity contribution in [1.82, 2.24) is 4.98 Å². The van der Waals surface area contributed by atoms with Crippen molar-refractivity contribution < 1.29 is 8.42 Å². The number of anilines is 2. The second kappa shape index (κ2) is 4.55. The first kappa shape index (κ1) is 12.0. The van der Waals surface area contributed by atoms with Crippen LogP contribution in [0.25, 0.3) is 0 Å². The SMILES string of the molecule is O=S(=O)(Nc1ccccn1)c1ccc2c(c1)CCN2. The van der Waals surface area contributed by atoms with E-state index in [9.17, 15) is 8.42 Å². The van der Waals surface area contributed by atoms with Gasteiger partial charge in [-0.15, -0.1) is 0 Å². The third-order valence-electron chi connectivity index (χ3n) is 3.00. The van der Waals surface area contributed by atoms with Crippen molar-refractivity contribution >= 4 is 21.5 Å². The average molecular weight is 275 g/mol.